The third-order valence-corrected chi connectivity index (χ3v) is 5.90. The minimum atomic E-state index is -4.87. The van der Waals surface area contributed by atoms with Crippen LogP contribution in [0, 0.1) is 32.7 Å². The fourth-order valence-corrected chi connectivity index (χ4v) is 3.99. The van der Waals surface area contributed by atoms with Gasteiger partial charge in [-0.05, 0) is 91.4 Å². The van der Waals surface area contributed by atoms with Gasteiger partial charge in [0.1, 0.15) is 12.9 Å². The van der Waals surface area contributed by atoms with Crippen LogP contribution in [0.2, 0.25) is 0 Å². The number of terminal acetylenes is 1. The molecule has 0 atom stereocenters. The van der Waals surface area contributed by atoms with Gasteiger partial charge in [0, 0.05) is 11.3 Å². The molecule has 0 saturated carbocycles. The van der Waals surface area contributed by atoms with E-state index >= 15 is 0 Å². The van der Waals surface area contributed by atoms with Crippen LogP contribution in [0.5, 0.6) is 11.5 Å². The number of hydrogen-bond donors (Lipinski definition) is 1. The van der Waals surface area contributed by atoms with E-state index < -0.39 is 23.0 Å². The van der Waals surface area contributed by atoms with Crippen LogP contribution in [0.1, 0.15) is 29.2 Å². The van der Waals surface area contributed by atoms with Crippen molar-refractivity contribution in [3.05, 3.63) is 122 Å². The van der Waals surface area contributed by atoms with Crippen molar-refractivity contribution in [3.8, 4) is 35.1 Å². The first-order chi connectivity index (χ1) is 19.1. The van der Waals surface area contributed by atoms with E-state index in [9.17, 15) is 18.0 Å². The molecule has 0 unspecified atom stereocenters. The summed E-state index contributed by atoms with van der Waals surface area (Å²) < 4.78 is 55.5. The predicted molar refractivity (Wildman–Crippen MR) is 152 cm³/mol. The molecule has 39 heavy (non-hydrogen) atoms. The molecule has 198 valence electrons. The Labute approximate surface area is 232 Å². The van der Waals surface area contributed by atoms with Crippen molar-refractivity contribution in [2.45, 2.75) is 26.6 Å². The van der Waals surface area contributed by atoms with E-state index in [-0.39, 0.29) is 12.2 Å². The number of rotatable bonds is 5. The second kappa shape index (κ2) is 12.4. The van der Waals surface area contributed by atoms with Crippen LogP contribution >= 0.6 is 12.6 Å². The monoisotopic (exact) mass is 548 g/mol. The number of halogens is 3. The van der Waals surface area contributed by atoms with E-state index in [0.717, 1.165) is 22.8 Å². The Kier molecular flexibility index (Phi) is 8.81. The number of benzene rings is 3. The maximum absolute atomic E-state index is 13.8. The van der Waals surface area contributed by atoms with Crippen LogP contribution < -0.4 is 10.3 Å². The summed E-state index contributed by atoms with van der Waals surface area (Å²) >= 11 is 3.53. The van der Waals surface area contributed by atoms with E-state index in [4.69, 9.17) is 12.7 Å². The number of hydrogen-bond acceptors (Lipinski definition) is 3. The topological polar surface area (TPSA) is 35.6 Å². The summed E-state index contributed by atoms with van der Waals surface area (Å²) in [6.45, 7) is 11.1. The molecule has 0 amide bonds. The van der Waals surface area contributed by atoms with Crippen LogP contribution in [0.15, 0.2) is 77.6 Å². The van der Waals surface area contributed by atoms with Crippen molar-refractivity contribution in [1.82, 2.24) is 4.57 Å². The minimum Gasteiger partial charge on any atom is -0.457 e. The fourth-order valence-electron chi connectivity index (χ4n) is 3.99. The number of aryl methyl sites for hydroxylation is 2. The molecule has 0 aliphatic heterocycles. The van der Waals surface area contributed by atoms with Gasteiger partial charge < -0.3 is 9.30 Å². The quantitative estimate of drug-likeness (QED) is 0.156. The molecule has 0 aliphatic carbocycles. The summed E-state index contributed by atoms with van der Waals surface area (Å²) in [6.07, 6.45) is -1.10. The van der Waals surface area contributed by atoms with Crippen molar-refractivity contribution in [1.29, 1.82) is 0 Å². The zero-order chi connectivity index (χ0) is 29.4. The van der Waals surface area contributed by atoms with Gasteiger partial charge in [0.15, 0.2) is 0 Å². The average Bonchev–Trinajstić information content (AvgIpc) is 2.93. The van der Waals surface area contributed by atoms with E-state index in [0.29, 0.717) is 22.6 Å². The molecule has 4 rings (SSSR count). The number of thiol groups is 1. The number of ether oxygens (including phenoxy) is 1. The molecule has 0 spiro atoms. The van der Waals surface area contributed by atoms with Crippen LogP contribution in [0.25, 0.3) is 16.1 Å². The number of nitrogens with zero attached hydrogens (tertiary/aromatic N) is 2. The average molecular weight is 549 g/mol. The maximum atomic E-state index is 13.8. The molecule has 0 saturated heterocycles. The number of aromatic nitrogens is 1. The van der Waals surface area contributed by atoms with Gasteiger partial charge in [-0.3, -0.25) is 4.79 Å². The molecule has 0 fully saturated rings. The van der Waals surface area contributed by atoms with E-state index in [1.54, 1.807) is 54.8 Å². The molecule has 0 bridgehead atoms. The fraction of sp³-hybridized carbons (Fsp3) is 0.161. The van der Waals surface area contributed by atoms with Crippen molar-refractivity contribution in [2.24, 2.45) is 0 Å². The molecule has 4 aromatic rings. The van der Waals surface area contributed by atoms with Gasteiger partial charge in [-0.25, -0.2) is 4.85 Å². The first-order valence-electron chi connectivity index (χ1n) is 12.1. The molecular formula is C31H25F3N2O2S. The molecule has 8 heteroatoms. The van der Waals surface area contributed by atoms with Gasteiger partial charge in [0.25, 0.3) is 11.2 Å². The second-order valence-electron chi connectivity index (χ2n) is 8.50. The van der Waals surface area contributed by atoms with Crippen molar-refractivity contribution in [2.75, 3.05) is 6.26 Å². The highest BCUT2D eigenvalue weighted by Crippen LogP contribution is 2.37. The third kappa shape index (κ3) is 6.73. The van der Waals surface area contributed by atoms with Crippen molar-refractivity contribution >= 4 is 18.3 Å². The number of pyridine rings is 1. The SMILES string of the molecule is CS.[3H]C#Cc1ccc(Oc2ccc(-c3cc(C(F)(F)F)c([N+]#[C-])c(=O)n3Cc3ccc(C)cc3C)cc2)cc1. The van der Waals surface area contributed by atoms with Crippen LogP contribution in [-0.2, 0) is 12.7 Å². The third-order valence-electron chi connectivity index (χ3n) is 5.90. The highest BCUT2D eigenvalue weighted by atomic mass is 32.1. The summed E-state index contributed by atoms with van der Waals surface area (Å²) in [6, 6.07) is 19.6. The Morgan fingerprint density at radius 3 is 2.18 bits per heavy atom. The van der Waals surface area contributed by atoms with Crippen LogP contribution in [-0.4, -0.2) is 10.8 Å². The lowest BCUT2D eigenvalue weighted by atomic mass is 10.0. The molecule has 0 radical (unpaired) electrons. The Morgan fingerprint density at radius 2 is 1.64 bits per heavy atom. The Bertz CT molecular complexity index is 1660. The van der Waals surface area contributed by atoms with Crippen LogP contribution in [0.4, 0.5) is 18.9 Å². The zero-order valence-corrected chi connectivity index (χ0v) is 22.3. The highest BCUT2D eigenvalue weighted by Gasteiger charge is 2.36. The minimum absolute atomic E-state index is 0.00670. The molecular weight excluding hydrogens is 521 g/mol. The summed E-state index contributed by atoms with van der Waals surface area (Å²) in [5.41, 5.74) is 0.507. The standard InChI is InChI=1S/C30H21F3N2O2.CH4S/c1-5-21-7-12-24(13-8-21)37-25-14-10-22(11-15-25)27-17-26(30(31,32)33)28(34-4)29(36)35(27)18-23-9-6-19(2)16-20(23)3;1-2/h1,6-17H,18H2,2-3H3;2H,1H3/i1T;. The first-order valence-corrected chi connectivity index (χ1v) is 12.5. The highest BCUT2D eigenvalue weighted by molar-refractivity contribution is 7.79. The lowest BCUT2D eigenvalue weighted by Crippen LogP contribution is -2.25. The lowest BCUT2D eigenvalue weighted by molar-refractivity contribution is -0.136. The van der Waals surface area contributed by atoms with Gasteiger partial charge in [0.2, 0.25) is 0 Å². The summed E-state index contributed by atoms with van der Waals surface area (Å²) in [5, 5.41) is 0. The Balaban J connectivity index is 0.00000216. The summed E-state index contributed by atoms with van der Waals surface area (Å²) in [7, 11) is 0. The smallest absolute Gasteiger partial charge is 0.407 e. The van der Waals surface area contributed by atoms with E-state index in [1.165, 1.54) is 4.57 Å². The van der Waals surface area contributed by atoms with Crippen LogP contribution in [0.3, 0.4) is 0 Å². The summed E-state index contributed by atoms with van der Waals surface area (Å²) in [4.78, 5) is 16.2. The van der Waals surface area contributed by atoms with Gasteiger partial charge in [-0.15, -0.1) is 6.40 Å². The molecule has 0 N–H and O–H groups in total. The van der Waals surface area contributed by atoms with Crippen molar-refractivity contribution < 1.29 is 19.3 Å². The number of alkyl halides is 3. The maximum Gasteiger partial charge on any atom is 0.407 e. The molecule has 3 aromatic carbocycles. The van der Waals surface area contributed by atoms with E-state index in [2.05, 4.69) is 29.8 Å². The summed E-state index contributed by atoms with van der Waals surface area (Å²) in [5.74, 6) is 3.57. The van der Waals surface area contributed by atoms with Gasteiger partial charge >= 0.3 is 6.18 Å². The second-order valence-corrected chi connectivity index (χ2v) is 8.50. The first kappa shape index (κ1) is 27.6. The zero-order valence-electron chi connectivity index (χ0n) is 22.4. The Hall–Kier alpha value is -4.40. The Morgan fingerprint density at radius 1 is 1.03 bits per heavy atom. The van der Waals surface area contributed by atoms with Gasteiger partial charge in [-0.2, -0.15) is 25.8 Å². The predicted octanol–water partition coefficient (Wildman–Crippen LogP) is 8.07. The molecule has 4 nitrogen and oxygen atoms in total. The largest absolute Gasteiger partial charge is 0.457 e. The molecule has 0 aliphatic rings. The molecule has 1 heterocycles. The van der Waals surface area contributed by atoms with Gasteiger partial charge in [-0.1, -0.05) is 29.7 Å². The molecule has 1 aromatic heterocycles. The van der Waals surface area contributed by atoms with Crippen molar-refractivity contribution in [3.63, 3.8) is 0 Å². The van der Waals surface area contributed by atoms with E-state index in [1.807, 2.05) is 32.0 Å². The van der Waals surface area contributed by atoms with Gasteiger partial charge in [0.05, 0.1) is 18.7 Å². The lowest BCUT2D eigenvalue weighted by Gasteiger charge is -2.19. The normalized spacial score (nSPS) is 10.8.